The Morgan fingerprint density at radius 3 is 2.83 bits per heavy atom. The van der Waals surface area contributed by atoms with E-state index in [0.29, 0.717) is 13.2 Å². The Morgan fingerprint density at radius 2 is 2.17 bits per heavy atom. The minimum atomic E-state index is 0.688. The van der Waals surface area contributed by atoms with E-state index in [1.54, 1.807) is 12.5 Å². The van der Waals surface area contributed by atoms with E-state index in [1.165, 1.54) is 0 Å². The van der Waals surface area contributed by atoms with Crippen molar-refractivity contribution in [3.8, 4) is 5.75 Å². The number of aromatic nitrogens is 2. The van der Waals surface area contributed by atoms with Crippen LogP contribution in [0.2, 0.25) is 0 Å². The van der Waals surface area contributed by atoms with E-state index in [2.05, 4.69) is 22.2 Å². The molecule has 0 saturated carbocycles. The molecule has 1 aromatic carbocycles. The van der Waals surface area contributed by atoms with Crippen LogP contribution in [0.25, 0.3) is 0 Å². The Bertz CT molecular complexity index is 500. The maximum Gasteiger partial charge on any atom is 0.119 e. The van der Waals surface area contributed by atoms with Gasteiger partial charge >= 0.3 is 0 Å². The molecular weight excluding hydrogens is 226 g/mol. The standard InChI is InChI=1S/C14H17N3O/c1-3-18-13-4-5-14(11(2)8-13)16-9-12-6-7-15-10-17-12/h4-8,10,16H,3,9H2,1-2H3. The van der Waals surface area contributed by atoms with Crippen molar-refractivity contribution in [2.24, 2.45) is 0 Å². The molecule has 0 aliphatic heterocycles. The minimum Gasteiger partial charge on any atom is -0.494 e. The lowest BCUT2D eigenvalue weighted by atomic mass is 10.2. The van der Waals surface area contributed by atoms with Crippen molar-refractivity contribution < 1.29 is 4.74 Å². The summed E-state index contributed by atoms with van der Waals surface area (Å²) in [4.78, 5) is 8.07. The summed E-state index contributed by atoms with van der Waals surface area (Å²) >= 11 is 0. The van der Waals surface area contributed by atoms with Crippen LogP contribution in [0.5, 0.6) is 5.75 Å². The molecule has 18 heavy (non-hydrogen) atoms. The van der Waals surface area contributed by atoms with Gasteiger partial charge in [-0.3, -0.25) is 0 Å². The summed E-state index contributed by atoms with van der Waals surface area (Å²) in [5, 5.41) is 3.35. The third-order valence-corrected chi connectivity index (χ3v) is 2.61. The lowest BCUT2D eigenvalue weighted by molar-refractivity contribution is 0.340. The van der Waals surface area contributed by atoms with Crippen molar-refractivity contribution in [3.05, 3.63) is 48.0 Å². The predicted molar refractivity (Wildman–Crippen MR) is 71.7 cm³/mol. The van der Waals surface area contributed by atoms with Crippen LogP contribution in [0.15, 0.2) is 36.8 Å². The fraction of sp³-hybridized carbons (Fsp3) is 0.286. The summed E-state index contributed by atoms with van der Waals surface area (Å²) in [6.07, 6.45) is 3.30. The largest absolute Gasteiger partial charge is 0.494 e. The normalized spacial score (nSPS) is 10.1. The molecule has 0 saturated heterocycles. The first kappa shape index (κ1) is 12.4. The van der Waals surface area contributed by atoms with Gasteiger partial charge in [-0.05, 0) is 43.7 Å². The van der Waals surface area contributed by atoms with Gasteiger partial charge in [0.15, 0.2) is 0 Å². The molecule has 1 N–H and O–H groups in total. The Kier molecular flexibility index (Phi) is 4.12. The predicted octanol–water partition coefficient (Wildman–Crippen LogP) is 2.80. The van der Waals surface area contributed by atoms with Crippen LogP contribution in [0, 0.1) is 6.92 Å². The summed E-state index contributed by atoms with van der Waals surface area (Å²) in [5.74, 6) is 0.905. The second-order valence-electron chi connectivity index (χ2n) is 3.96. The SMILES string of the molecule is CCOc1ccc(NCc2ccncn2)c(C)c1. The van der Waals surface area contributed by atoms with Crippen LogP contribution >= 0.6 is 0 Å². The zero-order valence-corrected chi connectivity index (χ0v) is 10.7. The smallest absolute Gasteiger partial charge is 0.119 e. The van der Waals surface area contributed by atoms with Gasteiger partial charge in [0.2, 0.25) is 0 Å². The highest BCUT2D eigenvalue weighted by Gasteiger charge is 2.01. The third kappa shape index (κ3) is 3.20. The second kappa shape index (κ2) is 6.00. The average Bonchev–Trinajstić information content (AvgIpc) is 2.39. The van der Waals surface area contributed by atoms with Gasteiger partial charge in [-0.1, -0.05) is 0 Å². The number of anilines is 1. The van der Waals surface area contributed by atoms with Crippen molar-refractivity contribution in [1.82, 2.24) is 9.97 Å². The van der Waals surface area contributed by atoms with Crippen LogP contribution in [0.3, 0.4) is 0 Å². The fourth-order valence-electron chi connectivity index (χ4n) is 1.70. The zero-order valence-electron chi connectivity index (χ0n) is 10.7. The molecule has 0 bridgehead atoms. The molecule has 0 atom stereocenters. The Balaban J connectivity index is 2.01. The first-order chi connectivity index (χ1) is 8.79. The summed E-state index contributed by atoms with van der Waals surface area (Å²) in [5.41, 5.74) is 3.23. The van der Waals surface area contributed by atoms with Crippen molar-refractivity contribution in [3.63, 3.8) is 0 Å². The quantitative estimate of drug-likeness (QED) is 0.877. The van der Waals surface area contributed by atoms with E-state index >= 15 is 0 Å². The first-order valence-corrected chi connectivity index (χ1v) is 6.02. The number of benzene rings is 1. The van der Waals surface area contributed by atoms with Gasteiger partial charge in [0.05, 0.1) is 18.8 Å². The Labute approximate surface area is 107 Å². The zero-order chi connectivity index (χ0) is 12.8. The van der Waals surface area contributed by atoms with Crippen LogP contribution in [-0.2, 0) is 6.54 Å². The van der Waals surface area contributed by atoms with E-state index < -0.39 is 0 Å². The molecule has 0 radical (unpaired) electrons. The molecule has 1 heterocycles. The third-order valence-electron chi connectivity index (χ3n) is 2.61. The molecule has 0 aliphatic carbocycles. The molecule has 2 rings (SSSR count). The highest BCUT2D eigenvalue weighted by molar-refractivity contribution is 5.53. The molecule has 0 spiro atoms. The molecule has 0 unspecified atom stereocenters. The van der Waals surface area contributed by atoms with E-state index in [4.69, 9.17) is 4.74 Å². The molecule has 94 valence electrons. The number of rotatable bonds is 5. The number of hydrogen-bond donors (Lipinski definition) is 1. The number of hydrogen-bond acceptors (Lipinski definition) is 4. The van der Waals surface area contributed by atoms with Gasteiger partial charge in [0, 0.05) is 11.9 Å². The first-order valence-electron chi connectivity index (χ1n) is 6.02. The van der Waals surface area contributed by atoms with Gasteiger partial charge in [-0.15, -0.1) is 0 Å². The van der Waals surface area contributed by atoms with Crippen molar-refractivity contribution in [2.45, 2.75) is 20.4 Å². The summed E-state index contributed by atoms with van der Waals surface area (Å²) < 4.78 is 5.46. The topological polar surface area (TPSA) is 47.0 Å². The van der Waals surface area contributed by atoms with Gasteiger partial charge in [-0.25, -0.2) is 9.97 Å². The van der Waals surface area contributed by atoms with Crippen LogP contribution in [-0.4, -0.2) is 16.6 Å². The molecule has 4 heteroatoms. The van der Waals surface area contributed by atoms with Crippen molar-refractivity contribution in [2.75, 3.05) is 11.9 Å². The molecular formula is C14H17N3O. The number of aryl methyl sites for hydroxylation is 1. The molecule has 4 nitrogen and oxygen atoms in total. The lowest BCUT2D eigenvalue weighted by Gasteiger charge is -2.11. The highest BCUT2D eigenvalue weighted by atomic mass is 16.5. The van der Waals surface area contributed by atoms with Crippen molar-refractivity contribution in [1.29, 1.82) is 0 Å². The maximum absolute atomic E-state index is 5.46. The van der Waals surface area contributed by atoms with E-state index in [-0.39, 0.29) is 0 Å². The fourth-order valence-corrected chi connectivity index (χ4v) is 1.70. The average molecular weight is 243 g/mol. The molecule has 1 aromatic heterocycles. The lowest BCUT2D eigenvalue weighted by Crippen LogP contribution is -2.03. The van der Waals surface area contributed by atoms with Crippen molar-refractivity contribution >= 4 is 5.69 Å². The van der Waals surface area contributed by atoms with Crippen LogP contribution < -0.4 is 10.1 Å². The monoisotopic (exact) mass is 243 g/mol. The maximum atomic E-state index is 5.46. The molecule has 2 aromatic rings. The van der Waals surface area contributed by atoms with Gasteiger partial charge in [-0.2, -0.15) is 0 Å². The van der Waals surface area contributed by atoms with E-state index in [1.807, 2.05) is 31.2 Å². The molecule has 0 aliphatic rings. The number of nitrogens with zero attached hydrogens (tertiary/aromatic N) is 2. The van der Waals surface area contributed by atoms with E-state index in [9.17, 15) is 0 Å². The van der Waals surface area contributed by atoms with Crippen LogP contribution in [0.4, 0.5) is 5.69 Å². The second-order valence-corrected chi connectivity index (χ2v) is 3.96. The van der Waals surface area contributed by atoms with Gasteiger partial charge in [0.1, 0.15) is 12.1 Å². The molecule has 0 amide bonds. The summed E-state index contributed by atoms with van der Waals surface area (Å²) in [7, 11) is 0. The molecule has 0 fully saturated rings. The van der Waals surface area contributed by atoms with Gasteiger partial charge in [0.25, 0.3) is 0 Å². The Hall–Kier alpha value is -2.10. The van der Waals surface area contributed by atoms with Gasteiger partial charge < -0.3 is 10.1 Å². The summed E-state index contributed by atoms with van der Waals surface area (Å²) in [6.45, 7) is 5.42. The Morgan fingerprint density at radius 1 is 1.28 bits per heavy atom. The van der Waals surface area contributed by atoms with E-state index in [0.717, 1.165) is 22.7 Å². The van der Waals surface area contributed by atoms with Crippen LogP contribution in [0.1, 0.15) is 18.2 Å². The highest BCUT2D eigenvalue weighted by Crippen LogP contribution is 2.21. The summed E-state index contributed by atoms with van der Waals surface area (Å²) in [6, 6.07) is 7.93. The minimum absolute atomic E-state index is 0.688. The number of ether oxygens (including phenoxy) is 1. The number of nitrogens with one attached hydrogen (secondary N) is 1.